The van der Waals surface area contributed by atoms with E-state index in [2.05, 4.69) is 9.97 Å². The van der Waals surface area contributed by atoms with Crippen molar-refractivity contribution in [3.8, 4) is 0 Å². The van der Waals surface area contributed by atoms with Gasteiger partial charge in [0.2, 0.25) is 11.9 Å². The number of rotatable bonds is 7. The van der Waals surface area contributed by atoms with E-state index in [1.165, 1.54) is 12.1 Å². The van der Waals surface area contributed by atoms with Crippen LogP contribution in [0.4, 0.5) is 10.3 Å². The van der Waals surface area contributed by atoms with Gasteiger partial charge < -0.3 is 4.98 Å². The first-order valence-electron chi connectivity index (χ1n) is 10.7. The van der Waals surface area contributed by atoms with Crippen LogP contribution >= 0.6 is 0 Å². The van der Waals surface area contributed by atoms with Gasteiger partial charge in [-0.15, -0.1) is 0 Å². The van der Waals surface area contributed by atoms with Crippen LogP contribution in [0.1, 0.15) is 46.6 Å². The van der Waals surface area contributed by atoms with Crippen LogP contribution in [-0.4, -0.2) is 28.2 Å². The topological polar surface area (TPSA) is 66.1 Å². The monoisotopic (exact) mass is 419 g/mol. The van der Waals surface area contributed by atoms with E-state index in [0.717, 1.165) is 24.0 Å². The van der Waals surface area contributed by atoms with E-state index in [0.29, 0.717) is 43.1 Å². The summed E-state index contributed by atoms with van der Waals surface area (Å²) in [5.41, 5.74) is 3.13. The van der Waals surface area contributed by atoms with Gasteiger partial charge in [-0.05, 0) is 55.9 Å². The zero-order valence-electron chi connectivity index (χ0n) is 17.6. The third-order valence-corrected chi connectivity index (χ3v) is 5.82. The number of anilines is 1. The molecule has 1 aromatic heterocycles. The molecule has 1 amide bonds. The van der Waals surface area contributed by atoms with Crippen LogP contribution in [0.5, 0.6) is 0 Å². The van der Waals surface area contributed by atoms with Crippen LogP contribution in [0, 0.1) is 18.7 Å². The lowest BCUT2D eigenvalue weighted by Gasteiger charge is -2.30. The van der Waals surface area contributed by atoms with E-state index in [1.807, 2.05) is 37.3 Å². The maximum atomic E-state index is 13.2. The molecule has 31 heavy (non-hydrogen) atoms. The number of aromatic amines is 1. The fourth-order valence-electron chi connectivity index (χ4n) is 4.12. The Morgan fingerprint density at radius 2 is 1.87 bits per heavy atom. The smallest absolute Gasteiger partial charge is 0.232 e. The molecular formula is C25H26FN3O2. The minimum Gasteiger partial charge on any atom is -0.327 e. The normalized spacial score (nSPS) is 16.5. The minimum atomic E-state index is -0.282. The fraction of sp³-hybridized carbons (Fsp3) is 0.320. The quantitative estimate of drug-likeness (QED) is 0.567. The second-order valence-electron chi connectivity index (χ2n) is 8.10. The number of hydrogen-bond donors (Lipinski definition) is 1. The molecule has 1 unspecified atom stereocenters. The largest absolute Gasteiger partial charge is 0.327 e. The molecule has 2 heterocycles. The number of ketones is 1. The van der Waals surface area contributed by atoms with Gasteiger partial charge in [0.25, 0.3) is 0 Å². The number of aryl methyl sites for hydroxylation is 2. The van der Waals surface area contributed by atoms with Crippen molar-refractivity contribution in [1.82, 2.24) is 9.97 Å². The number of imidazole rings is 1. The van der Waals surface area contributed by atoms with Crippen LogP contribution < -0.4 is 4.90 Å². The van der Waals surface area contributed by atoms with Crippen molar-refractivity contribution >= 4 is 17.6 Å². The van der Waals surface area contributed by atoms with Crippen molar-refractivity contribution in [3.05, 3.63) is 82.9 Å². The Kier molecular flexibility index (Phi) is 6.26. The summed E-state index contributed by atoms with van der Waals surface area (Å²) in [6.45, 7) is 2.39. The van der Waals surface area contributed by atoms with E-state index in [-0.39, 0.29) is 23.4 Å². The highest BCUT2D eigenvalue weighted by Crippen LogP contribution is 2.26. The first-order chi connectivity index (χ1) is 15.0. The van der Waals surface area contributed by atoms with Gasteiger partial charge in [0.15, 0.2) is 5.78 Å². The Morgan fingerprint density at radius 1 is 1.13 bits per heavy atom. The zero-order valence-corrected chi connectivity index (χ0v) is 17.6. The maximum Gasteiger partial charge on any atom is 0.232 e. The van der Waals surface area contributed by atoms with E-state index in [1.54, 1.807) is 17.0 Å². The Labute approximate surface area is 181 Å². The molecule has 0 bridgehead atoms. The molecule has 1 aliphatic rings. The number of nitrogens with zero attached hydrogens (tertiary/aromatic N) is 2. The van der Waals surface area contributed by atoms with Crippen LogP contribution in [0.15, 0.2) is 54.6 Å². The highest BCUT2D eigenvalue weighted by Gasteiger charge is 2.32. The average Bonchev–Trinajstić information content (AvgIpc) is 3.17. The predicted octanol–water partition coefficient (Wildman–Crippen LogP) is 4.66. The molecule has 5 nitrogen and oxygen atoms in total. The van der Waals surface area contributed by atoms with Crippen LogP contribution in [0.3, 0.4) is 0 Å². The van der Waals surface area contributed by atoms with Gasteiger partial charge in [-0.25, -0.2) is 9.37 Å². The molecule has 4 rings (SSSR count). The van der Waals surface area contributed by atoms with E-state index < -0.39 is 0 Å². The van der Waals surface area contributed by atoms with Crippen molar-refractivity contribution in [2.45, 2.75) is 39.0 Å². The molecule has 0 aliphatic carbocycles. The van der Waals surface area contributed by atoms with Gasteiger partial charge in [-0.3, -0.25) is 14.5 Å². The number of Topliss-reactive ketones (excluding diaryl/α,β-unsaturated/α-hetero) is 1. The average molecular weight is 420 g/mol. The van der Waals surface area contributed by atoms with Crippen LogP contribution in [0.2, 0.25) is 0 Å². The second-order valence-corrected chi connectivity index (χ2v) is 8.10. The Balaban J connectivity index is 1.44. The fourth-order valence-corrected chi connectivity index (χ4v) is 4.12. The van der Waals surface area contributed by atoms with Crippen LogP contribution in [0.25, 0.3) is 0 Å². The lowest BCUT2D eigenvalue weighted by molar-refractivity contribution is -0.123. The molecule has 160 valence electrons. The van der Waals surface area contributed by atoms with Crippen molar-refractivity contribution in [2.75, 3.05) is 11.4 Å². The van der Waals surface area contributed by atoms with Gasteiger partial charge in [0.1, 0.15) is 11.5 Å². The summed E-state index contributed by atoms with van der Waals surface area (Å²) in [6.07, 6.45) is 3.24. The van der Waals surface area contributed by atoms with Gasteiger partial charge in [0, 0.05) is 24.6 Å². The summed E-state index contributed by atoms with van der Waals surface area (Å²) in [6, 6.07) is 16.2. The zero-order chi connectivity index (χ0) is 21.8. The number of carbonyl (C=O) groups is 2. The number of amides is 1. The van der Waals surface area contributed by atoms with Gasteiger partial charge in [0.05, 0.1) is 0 Å². The Bertz CT molecular complexity index is 1060. The van der Waals surface area contributed by atoms with Gasteiger partial charge in [-0.2, -0.15) is 0 Å². The SMILES string of the molecule is Cc1[nH]c(N2CCCC(Cc3ccc(F)cc3)C2=O)nc1C(=O)CCc1ccccc1. The summed E-state index contributed by atoms with van der Waals surface area (Å²) >= 11 is 0. The number of halogens is 1. The molecule has 0 radical (unpaired) electrons. The van der Waals surface area contributed by atoms with E-state index >= 15 is 0 Å². The number of H-pyrrole nitrogens is 1. The predicted molar refractivity (Wildman–Crippen MR) is 118 cm³/mol. The summed E-state index contributed by atoms with van der Waals surface area (Å²) in [4.78, 5) is 35.1. The number of nitrogens with one attached hydrogen (secondary N) is 1. The standard InChI is InChI=1S/C25H26FN3O2/c1-17-23(22(30)14-11-18-6-3-2-4-7-18)28-25(27-17)29-15-5-8-20(24(29)31)16-19-9-12-21(26)13-10-19/h2-4,6-7,9-10,12-13,20H,5,8,11,14-16H2,1H3,(H,27,28). The third-order valence-electron chi connectivity index (χ3n) is 5.82. The van der Waals surface area contributed by atoms with Gasteiger partial charge >= 0.3 is 0 Å². The number of benzene rings is 2. The molecule has 1 aliphatic heterocycles. The summed E-state index contributed by atoms with van der Waals surface area (Å²) in [5, 5.41) is 0. The lowest BCUT2D eigenvalue weighted by atomic mass is 9.90. The number of carbonyl (C=O) groups excluding carboxylic acids is 2. The first kappa shape index (κ1) is 21.0. The molecule has 1 atom stereocenters. The molecule has 1 saturated heterocycles. The van der Waals surface area contributed by atoms with E-state index in [4.69, 9.17) is 0 Å². The second kappa shape index (κ2) is 9.25. The minimum absolute atomic E-state index is 0.00684. The van der Waals surface area contributed by atoms with E-state index in [9.17, 15) is 14.0 Å². The summed E-state index contributed by atoms with van der Waals surface area (Å²) in [7, 11) is 0. The lowest BCUT2D eigenvalue weighted by Crippen LogP contribution is -2.42. The molecule has 0 saturated carbocycles. The number of piperidine rings is 1. The van der Waals surface area contributed by atoms with Crippen molar-refractivity contribution in [3.63, 3.8) is 0 Å². The first-order valence-corrected chi connectivity index (χ1v) is 10.7. The Morgan fingerprint density at radius 3 is 2.61 bits per heavy atom. The number of hydrogen-bond acceptors (Lipinski definition) is 3. The van der Waals surface area contributed by atoms with Crippen molar-refractivity contribution in [1.29, 1.82) is 0 Å². The van der Waals surface area contributed by atoms with Crippen molar-refractivity contribution < 1.29 is 14.0 Å². The highest BCUT2D eigenvalue weighted by molar-refractivity contribution is 5.98. The highest BCUT2D eigenvalue weighted by atomic mass is 19.1. The maximum absolute atomic E-state index is 13.2. The van der Waals surface area contributed by atoms with Crippen molar-refractivity contribution in [2.24, 2.45) is 5.92 Å². The molecule has 0 spiro atoms. The molecular weight excluding hydrogens is 393 g/mol. The molecule has 1 fully saturated rings. The molecule has 3 aromatic rings. The molecule has 2 aromatic carbocycles. The third kappa shape index (κ3) is 4.90. The Hall–Kier alpha value is -3.28. The number of aromatic nitrogens is 2. The van der Waals surface area contributed by atoms with Gasteiger partial charge in [-0.1, -0.05) is 42.5 Å². The molecule has 6 heteroatoms. The molecule has 1 N–H and O–H groups in total. The summed E-state index contributed by atoms with van der Waals surface area (Å²) < 4.78 is 13.2. The van der Waals surface area contributed by atoms with Crippen LogP contribution in [-0.2, 0) is 17.6 Å². The summed E-state index contributed by atoms with van der Waals surface area (Å²) in [5.74, 6) is -0.0594.